The fourth-order valence-corrected chi connectivity index (χ4v) is 2.40. The summed E-state index contributed by atoms with van der Waals surface area (Å²) >= 11 is 0. The molecular weight excluding hydrogens is 234 g/mol. The molecule has 0 unspecified atom stereocenters. The van der Waals surface area contributed by atoms with E-state index in [0.29, 0.717) is 11.3 Å². The van der Waals surface area contributed by atoms with Crippen LogP contribution in [0.2, 0.25) is 0 Å². The maximum Gasteiger partial charge on any atom is 0.152 e. The Morgan fingerprint density at radius 2 is 1.58 bits per heavy atom. The van der Waals surface area contributed by atoms with E-state index in [1.54, 1.807) is 0 Å². The summed E-state index contributed by atoms with van der Waals surface area (Å²) in [6, 6.07) is 19.7. The molecule has 0 aliphatic carbocycles. The first kappa shape index (κ1) is 11.5. The lowest BCUT2D eigenvalue weighted by molar-refractivity contribution is 0.112. The molecule has 0 amide bonds. The predicted molar refractivity (Wildman–Crippen MR) is 79.2 cm³/mol. The Labute approximate surface area is 111 Å². The molecule has 0 bridgehead atoms. The number of nitrogen functional groups attached to an aromatic ring is 1. The molecule has 0 saturated heterocycles. The normalized spacial score (nSPS) is 10.5. The molecule has 0 aliphatic rings. The minimum absolute atomic E-state index is 0.539. The minimum atomic E-state index is 0.539. The summed E-state index contributed by atoms with van der Waals surface area (Å²) in [5, 5.41) is 2.09. The van der Waals surface area contributed by atoms with Gasteiger partial charge < -0.3 is 5.73 Å². The summed E-state index contributed by atoms with van der Waals surface area (Å²) in [7, 11) is 0. The maximum absolute atomic E-state index is 11.2. The second kappa shape index (κ2) is 4.58. The van der Waals surface area contributed by atoms with Crippen LogP contribution in [0.25, 0.3) is 21.9 Å². The lowest BCUT2D eigenvalue weighted by Gasteiger charge is -2.12. The van der Waals surface area contributed by atoms with Crippen molar-refractivity contribution < 1.29 is 4.79 Å². The number of fused-ring (bicyclic) bond motifs is 1. The Bertz CT molecular complexity index is 748. The summed E-state index contributed by atoms with van der Waals surface area (Å²) in [5.74, 6) is 0. The third kappa shape index (κ3) is 1.87. The second-order valence-corrected chi connectivity index (χ2v) is 4.46. The van der Waals surface area contributed by atoms with Gasteiger partial charge in [-0.3, -0.25) is 4.79 Å². The van der Waals surface area contributed by atoms with Crippen molar-refractivity contribution in [2.75, 3.05) is 5.73 Å². The third-order valence-corrected chi connectivity index (χ3v) is 3.31. The van der Waals surface area contributed by atoms with Crippen LogP contribution in [0.3, 0.4) is 0 Å². The van der Waals surface area contributed by atoms with E-state index in [-0.39, 0.29) is 0 Å². The highest BCUT2D eigenvalue weighted by Gasteiger charge is 2.11. The zero-order valence-electron chi connectivity index (χ0n) is 10.3. The molecule has 0 aliphatic heterocycles. The summed E-state index contributed by atoms with van der Waals surface area (Å²) in [6.45, 7) is 0. The lowest BCUT2D eigenvalue weighted by Crippen LogP contribution is -1.97. The third-order valence-electron chi connectivity index (χ3n) is 3.31. The number of rotatable bonds is 2. The lowest BCUT2D eigenvalue weighted by atomic mass is 9.94. The Kier molecular flexibility index (Phi) is 2.76. The van der Waals surface area contributed by atoms with Gasteiger partial charge in [-0.25, -0.2) is 0 Å². The quantitative estimate of drug-likeness (QED) is 0.551. The molecule has 0 aromatic heterocycles. The fraction of sp³-hybridized carbons (Fsp3) is 0. The zero-order chi connectivity index (χ0) is 13.2. The van der Waals surface area contributed by atoms with Gasteiger partial charge in [-0.2, -0.15) is 0 Å². The molecule has 0 heterocycles. The van der Waals surface area contributed by atoms with Crippen LogP contribution in [-0.4, -0.2) is 6.29 Å². The van der Waals surface area contributed by atoms with Crippen molar-refractivity contribution in [2.24, 2.45) is 0 Å². The fourth-order valence-electron chi connectivity index (χ4n) is 2.40. The number of anilines is 1. The number of benzene rings is 3. The second-order valence-electron chi connectivity index (χ2n) is 4.46. The molecule has 3 aromatic carbocycles. The first-order chi connectivity index (χ1) is 9.31. The van der Waals surface area contributed by atoms with Crippen molar-refractivity contribution in [2.45, 2.75) is 0 Å². The molecular formula is C17H13NO. The van der Waals surface area contributed by atoms with Crippen LogP contribution in [0.5, 0.6) is 0 Å². The molecule has 2 heteroatoms. The van der Waals surface area contributed by atoms with Crippen molar-refractivity contribution in [3.8, 4) is 11.1 Å². The van der Waals surface area contributed by atoms with Gasteiger partial charge in [0.2, 0.25) is 0 Å². The van der Waals surface area contributed by atoms with E-state index in [0.717, 1.165) is 28.2 Å². The van der Waals surface area contributed by atoms with Gasteiger partial charge in [0.15, 0.2) is 6.29 Å². The van der Waals surface area contributed by atoms with Crippen molar-refractivity contribution in [3.63, 3.8) is 0 Å². The highest BCUT2D eigenvalue weighted by Crippen LogP contribution is 2.35. The zero-order valence-corrected chi connectivity index (χ0v) is 10.3. The SMILES string of the molecule is Nc1c(C=O)cc2ccccc2c1-c1ccccc1. The summed E-state index contributed by atoms with van der Waals surface area (Å²) in [6.07, 6.45) is 0.814. The number of hydrogen-bond donors (Lipinski definition) is 1. The highest BCUT2D eigenvalue weighted by molar-refractivity contribution is 6.07. The number of carbonyl (C=O) groups is 1. The van der Waals surface area contributed by atoms with Crippen molar-refractivity contribution in [1.82, 2.24) is 0 Å². The molecule has 2 N–H and O–H groups in total. The molecule has 19 heavy (non-hydrogen) atoms. The summed E-state index contributed by atoms with van der Waals surface area (Å²) in [4.78, 5) is 11.2. The molecule has 92 valence electrons. The maximum atomic E-state index is 11.2. The summed E-state index contributed by atoms with van der Waals surface area (Å²) < 4.78 is 0. The molecule has 3 rings (SSSR count). The van der Waals surface area contributed by atoms with Crippen LogP contribution in [0.1, 0.15) is 10.4 Å². The number of hydrogen-bond acceptors (Lipinski definition) is 2. The average Bonchev–Trinajstić information content (AvgIpc) is 2.47. The number of aldehydes is 1. The standard InChI is InChI=1S/C17H13NO/c18-17-14(11-19)10-13-8-4-5-9-15(13)16(17)12-6-2-1-3-7-12/h1-11H,18H2. The van der Waals surface area contributed by atoms with E-state index in [2.05, 4.69) is 0 Å². The van der Waals surface area contributed by atoms with E-state index in [4.69, 9.17) is 5.73 Å². The summed E-state index contributed by atoms with van der Waals surface area (Å²) in [5.41, 5.74) is 9.20. The van der Waals surface area contributed by atoms with E-state index >= 15 is 0 Å². The van der Waals surface area contributed by atoms with Gasteiger partial charge in [0.1, 0.15) is 0 Å². The van der Waals surface area contributed by atoms with Gasteiger partial charge in [0.25, 0.3) is 0 Å². The van der Waals surface area contributed by atoms with Crippen LogP contribution in [-0.2, 0) is 0 Å². The highest BCUT2D eigenvalue weighted by atomic mass is 16.1. The van der Waals surface area contributed by atoms with Gasteiger partial charge in [-0.05, 0) is 22.4 Å². The largest absolute Gasteiger partial charge is 0.398 e. The first-order valence-electron chi connectivity index (χ1n) is 6.13. The van der Waals surface area contributed by atoms with E-state index in [9.17, 15) is 4.79 Å². The Balaban J connectivity index is 2.45. The monoisotopic (exact) mass is 247 g/mol. The molecule has 0 atom stereocenters. The van der Waals surface area contributed by atoms with E-state index in [1.807, 2.05) is 60.7 Å². The van der Waals surface area contributed by atoms with Crippen LogP contribution in [0, 0.1) is 0 Å². The van der Waals surface area contributed by atoms with Crippen molar-refractivity contribution in [1.29, 1.82) is 0 Å². The van der Waals surface area contributed by atoms with Gasteiger partial charge in [-0.15, -0.1) is 0 Å². The van der Waals surface area contributed by atoms with E-state index < -0.39 is 0 Å². The molecule has 0 saturated carbocycles. The predicted octanol–water partition coefficient (Wildman–Crippen LogP) is 3.90. The molecule has 3 aromatic rings. The smallest absolute Gasteiger partial charge is 0.152 e. The van der Waals surface area contributed by atoms with Crippen LogP contribution >= 0.6 is 0 Å². The number of nitrogens with two attached hydrogens (primary N) is 1. The topological polar surface area (TPSA) is 43.1 Å². The van der Waals surface area contributed by atoms with Crippen molar-refractivity contribution >= 4 is 22.7 Å². The Morgan fingerprint density at radius 1 is 0.895 bits per heavy atom. The van der Waals surface area contributed by atoms with Gasteiger partial charge in [0.05, 0.1) is 5.69 Å². The molecule has 0 radical (unpaired) electrons. The van der Waals surface area contributed by atoms with Crippen LogP contribution < -0.4 is 5.73 Å². The van der Waals surface area contributed by atoms with Crippen molar-refractivity contribution in [3.05, 3.63) is 66.2 Å². The van der Waals surface area contributed by atoms with Crippen LogP contribution in [0.15, 0.2) is 60.7 Å². The first-order valence-corrected chi connectivity index (χ1v) is 6.13. The van der Waals surface area contributed by atoms with Gasteiger partial charge in [0, 0.05) is 11.1 Å². The average molecular weight is 247 g/mol. The van der Waals surface area contributed by atoms with Crippen LogP contribution in [0.4, 0.5) is 5.69 Å². The van der Waals surface area contributed by atoms with E-state index in [1.165, 1.54) is 0 Å². The Morgan fingerprint density at radius 3 is 2.32 bits per heavy atom. The Hall–Kier alpha value is -2.61. The number of carbonyl (C=O) groups excluding carboxylic acids is 1. The van der Waals surface area contributed by atoms with Gasteiger partial charge in [-0.1, -0.05) is 54.6 Å². The minimum Gasteiger partial charge on any atom is -0.398 e. The van der Waals surface area contributed by atoms with Gasteiger partial charge >= 0.3 is 0 Å². The molecule has 0 spiro atoms. The molecule has 2 nitrogen and oxygen atoms in total. The molecule has 0 fully saturated rings.